The molecule has 0 aliphatic carbocycles. The fourth-order valence-electron chi connectivity index (χ4n) is 2.33. The van der Waals surface area contributed by atoms with Crippen LogP contribution in [0.3, 0.4) is 0 Å². The summed E-state index contributed by atoms with van der Waals surface area (Å²) in [6, 6.07) is 3.48. The van der Waals surface area contributed by atoms with E-state index in [-0.39, 0.29) is 11.6 Å². The normalized spacial score (nSPS) is 16.9. The zero-order chi connectivity index (χ0) is 15.6. The van der Waals surface area contributed by atoms with Crippen molar-refractivity contribution in [3.63, 3.8) is 0 Å². The van der Waals surface area contributed by atoms with E-state index in [2.05, 4.69) is 10.2 Å². The zero-order valence-electron chi connectivity index (χ0n) is 12.0. The molecule has 0 saturated carbocycles. The van der Waals surface area contributed by atoms with Crippen LogP contribution in [0.4, 0.5) is 24.5 Å². The molecule has 4 nitrogen and oxygen atoms in total. The number of rotatable bonds is 2. The van der Waals surface area contributed by atoms with Gasteiger partial charge in [-0.2, -0.15) is 13.2 Å². The number of piperazine rings is 1. The SMILES string of the molecule is CC(=O)Nc1cc(C(F)(F)F)ccc1N1CCN(C)CC1. The molecular weight excluding hydrogens is 283 g/mol. The molecule has 116 valence electrons. The summed E-state index contributed by atoms with van der Waals surface area (Å²) in [5.41, 5.74) is 0.0808. The van der Waals surface area contributed by atoms with Gasteiger partial charge in [0.2, 0.25) is 5.91 Å². The Labute approximate surface area is 121 Å². The molecule has 21 heavy (non-hydrogen) atoms. The second kappa shape index (κ2) is 5.93. The van der Waals surface area contributed by atoms with Crippen LogP contribution in [-0.4, -0.2) is 44.0 Å². The Morgan fingerprint density at radius 1 is 1.19 bits per heavy atom. The average molecular weight is 301 g/mol. The third-order valence-electron chi connectivity index (χ3n) is 3.48. The number of nitrogens with one attached hydrogen (secondary N) is 1. The lowest BCUT2D eigenvalue weighted by Crippen LogP contribution is -2.44. The number of halogens is 3. The number of anilines is 2. The molecular formula is C14H18F3N3O. The van der Waals surface area contributed by atoms with Crippen LogP contribution in [0.15, 0.2) is 18.2 Å². The molecule has 1 aliphatic rings. The Kier molecular flexibility index (Phi) is 4.41. The van der Waals surface area contributed by atoms with E-state index in [9.17, 15) is 18.0 Å². The van der Waals surface area contributed by atoms with Crippen molar-refractivity contribution in [3.8, 4) is 0 Å². The van der Waals surface area contributed by atoms with Crippen molar-refractivity contribution in [2.24, 2.45) is 0 Å². The van der Waals surface area contributed by atoms with E-state index < -0.39 is 11.7 Å². The number of likely N-dealkylation sites (N-methyl/N-ethyl adjacent to an activating group) is 1. The maximum Gasteiger partial charge on any atom is 0.416 e. The largest absolute Gasteiger partial charge is 0.416 e. The van der Waals surface area contributed by atoms with Gasteiger partial charge in [0.15, 0.2) is 0 Å². The van der Waals surface area contributed by atoms with E-state index in [1.165, 1.54) is 13.0 Å². The van der Waals surface area contributed by atoms with E-state index in [1.807, 2.05) is 11.9 Å². The predicted octanol–water partition coefficient (Wildman–Crippen LogP) is 2.42. The van der Waals surface area contributed by atoms with E-state index in [0.717, 1.165) is 25.2 Å². The maximum absolute atomic E-state index is 12.8. The molecule has 0 bridgehead atoms. The van der Waals surface area contributed by atoms with Crippen molar-refractivity contribution >= 4 is 17.3 Å². The molecule has 0 aromatic heterocycles. The van der Waals surface area contributed by atoms with Crippen LogP contribution in [0, 0.1) is 0 Å². The molecule has 1 amide bonds. The summed E-state index contributed by atoms with van der Waals surface area (Å²) < 4.78 is 38.4. The minimum atomic E-state index is -4.42. The molecule has 0 atom stereocenters. The Balaban J connectivity index is 2.33. The third kappa shape index (κ3) is 3.87. The zero-order valence-corrected chi connectivity index (χ0v) is 12.0. The number of alkyl halides is 3. The molecule has 1 saturated heterocycles. The smallest absolute Gasteiger partial charge is 0.367 e. The summed E-state index contributed by atoms with van der Waals surface area (Å²) in [6.45, 7) is 4.39. The average Bonchev–Trinajstić information content (AvgIpc) is 2.38. The number of nitrogens with zero attached hydrogens (tertiary/aromatic N) is 2. The monoisotopic (exact) mass is 301 g/mol. The number of carbonyl (C=O) groups excluding carboxylic acids is 1. The molecule has 0 radical (unpaired) electrons. The van der Waals surface area contributed by atoms with Gasteiger partial charge in [0.25, 0.3) is 0 Å². The van der Waals surface area contributed by atoms with Crippen molar-refractivity contribution in [1.29, 1.82) is 0 Å². The van der Waals surface area contributed by atoms with Crippen LogP contribution in [-0.2, 0) is 11.0 Å². The lowest BCUT2D eigenvalue weighted by Gasteiger charge is -2.35. The lowest BCUT2D eigenvalue weighted by atomic mass is 10.1. The van der Waals surface area contributed by atoms with Crippen LogP contribution in [0.1, 0.15) is 12.5 Å². The molecule has 1 heterocycles. The fourth-order valence-corrected chi connectivity index (χ4v) is 2.33. The Morgan fingerprint density at radius 2 is 1.81 bits per heavy atom. The summed E-state index contributed by atoms with van der Waals surface area (Å²) in [6.07, 6.45) is -4.42. The molecule has 7 heteroatoms. The maximum atomic E-state index is 12.8. The van der Waals surface area contributed by atoms with Crippen molar-refractivity contribution in [2.75, 3.05) is 43.4 Å². The number of amides is 1. The number of hydrogen-bond acceptors (Lipinski definition) is 3. The van der Waals surface area contributed by atoms with E-state index >= 15 is 0 Å². The minimum absolute atomic E-state index is 0.210. The van der Waals surface area contributed by atoms with Gasteiger partial charge in [0, 0.05) is 33.1 Å². The van der Waals surface area contributed by atoms with Crippen molar-refractivity contribution in [1.82, 2.24) is 4.90 Å². The van der Waals surface area contributed by atoms with Gasteiger partial charge in [-0.15, -0.1) is 0 Å². The molecule has 1 N–H and O–H groups in total. The van der Waals surface area contributed by atoms with Gasteiger partial charge in [-0.1, -0.05) is 0 Å². The quantitative estimate of drug-likeness (QED) is 0.911. The van der Waals surface area contributed by atoms with Gasteiger partial charge in [-0.05, 0) is 25.2 Å². The first kappa shape index (κ1) is 15.6. The summed E-state index contributed by atoms with van der Waals surface area (Å²) in [5.74, 6) is -0.385. The Bertz CT molecular complexity index is 523. The fraction of sp³-hybridized carbons (Fsp3) is 0.500. The second-order valence-corrected chi connectivity index (χ2v) is 5.20. The van der Waals surface area contributed by atoms with E-state index in [1.54, 1.807) is 0 Å². The van der Waals surface area contributed by atoms with Crippen molar-refractivity contribution < 1.29 is 18.0 Å². The first-order valence-electron chi connectivity index (χ1n) is 6.69. The minimum Gasteiger partial charge on any atom is -0.367 e. The van der Waals surface area contributed by atoms with Gasteiger partial charge >= 0.3 is 6.18 Å². The highest BCUT2D eigenvalue weighted by Crippen LogP contribution is 2.35. The highest BCUT2D eigenvalue weighted by atomic mass is 19.4. The number of carbonyl (C=O) groups is 1. The van der Waals surface area contributed by atoms with Crippen LogP contribution < -0.4 is 10.2 Å². The third-order valence-corrected chi connectivity index (χ3v) is 3.48. The van der Waals surface area contributed by atoms with Gasteiger partial charge in [-0.3, -0.25) is 4.79 Å². The van der Waals surface area contributed by atoms with Crippen molar-refractivity contribution in [2.45, 2.75) is 13.1 Å². The Hall–Kier alpha value is -1.76. The van der Waals surface area contributed by atoms with Gasteiger partial charge in [0.05, 0.1) is 16.9 Å². The Morgan fingerprint density at radius 3 is 2.33 bits per heavy atom. The number of hydrogen-bond donors (Lipinski definition) is 1. The van der Waals surface area contributed by atoms with Crippen LogP contribution in [0.5, 0.6) is 0 Å². The van der Waals surface area contributed by atoms with E-state index in [0.29, 0.717) is 18.8 Å². The molecule has 2 rings (SSSR count). The topological polar surface area (TPSA) is 35.6 Å². The van der Waals surface area contributed by atoms with Crippen LogP contribution in [0.2, 0.25) is 0 Å². The molecule has 1 fully saturated rings. The standard InChI is InChI=1S/C14H18F3N3O/c1-10(21)18-12-9-11(14(15,16)17)3-4-13(12)20-7-5-19(2)6-8-20/h3-4,9H,5-8H2,1-2H3,(H,18,21). The highest BCUT2D eigenvalue weighted by molar-refractivity contribution is 5.93. The lowest BCUT2D eigenvalue weighted by molar-refractivity contribution is -0.137. The van der Waals surface area contributed by atoms with Crippen LogP contribution >= 0.6 is 0 Å². The van der Waals surface area contributed by atoms with Gasteiger partial charge in [0.1, 0.15) is 0 Å². The van der Waals surface area contributed by atoms with Crippen LogP contribution in [0.25, 0.3) is 0 Å². The molecule has 1 aromatic carbocycles. The summed E-state index contributed by atoms with van der Waals surface area (Å²) in [5, 5.41) is 2.50. The number of benzene rings is 1. The molecule has 1 aliphatic heterocycles. The highest BCUT2D eigenvalue weighted by Gasteiger charge is 2.31. The molecule has 0 spiro atoms. The second-order valence-electron chi connectivity index (χ2n) is 5.20. The summed E-state index contributed by atoms with van der Waals surface area (Å²) >= 11 is 0. The predicted molar refractivity (Wildman–Crippen MR) is 75.5 cm³/mol. The molecule has 1 aromatic rings. The summed E-state index contributed by atoms with van der Waals surface area (Å²) in [7, 11) is 2.00. The van der Waals surface area contributed by atoms with Gasteiger partial charge < -0.3 is 15.1 Å². The first-order valence-corrected chi connectivity index (χ1v) is 6.69. The van der Waals surface area contributed by atoms with E-state index in [4.69, 9.17) is 0 Å². The summed E-state index contributed by atoms with van der Waals surface area (Å²) in [4.78, 5) is 15.4. The molecule has 0 unspecified atom stereocenters. The van der Waals surface area contributed by atoms with Crippen molar-refractivity contribution in [3.05, 3.63) is 23.8 Å². The van der Waals surface area contributed by atoms with Gasteiger partial charge in [-0.25, -0.2) is 0 Å². The first-order chi connectivity index (χ1) is 9.77.